The second-order valence-corrected chi connectivity index (χ2v) is 6.65. The molecule has 0 aliphatic heterocycles. The molecule has 172 valence electrons. The van der Waals surface area contributed by atoms with Gasteiger partial charge in [-0.2, -0.15) is 47.9 Å². The maximum absolute atomic E-state index is 10.7. The summed E-state index contributed by atoms with van der Waals surface area (Å²) in [6.07, 6.45) is -0.167. The van der Waals surface area contributed by atoms with E-state index in [4.69, 9.17) is 38.2 Å². The summed E-state index contributed by atoms with van der Waals surface area (Å²) in [6.45, 7) is 3.44. The van der Waals surface area contributed by atoms with Crippen LogP contribution < -0.4 is 0 Å². The van der Waals surface area contributed by atoms with E-state index in [1.807, 2.05) is 0 Å². The molecular weight excluding hydrogens is 531 g/mol. The van der Waals surface area contributed by atoms with Crippen molar-refractivity contribution in [1.82, 2.24) is 0 Å². The second-order valence-electron chi connectivity index (χ2n) is 3.38. The summed E-state index contributed by atoms with van der Waals surface area (Å²) in [6, 6.07) is 0. The van der Waals surface area contributed by atoms with Crippen molar-refractivity contribution in [3.8, 4) is 0 Å². The zero-order valence-electron chi connectivity index (χ0n) is 13.0. The molecule has 0 rings (SSSR count). The summed E-state index contributed by atoms with van der Waals surface area (Å²) in [7, 11) is -13.7. The molecule has 0 aromatic rings. The number of hydrogen-bond acceptors (Lipinski definition) is 10. The molecule has 0 saturated carbocycles. The SMILES string of the molecule is CC(C)O.O=S(=O)(O)C(F)(F)F.O=[S-](=O)C(F)(F)F.O=[S-](=O)C(F)(F)F.[O]=[Ti+2]. The van der Waals surface area contributed by atoms with E-state index in [0.29, 0.717) is 0 Å². The summed E-state index contributed by atoms with van der Waals surface area (Å²) < 4.78 is 165. The Balaban J connectivity index is -0.0000000832. The summed E-state index contributed by atoms with van der Waals surface area (Å²) in [5, 5.41) is 8.06. The molecule has 0 fully saturated rings. The van der Waals surface area contributed by atoms with Gasteiger partial charge in [-0.1, -0.05) is 0 Å². The number of halogens is 9. The third kappa shape index (κ3) is 36.6. The quantitative estimate of drug-likeness (QED) is 0.155. The number of alkyl halides is 9. The average molecular weight is 540 g/mol. The van der Waals surface area contributed by atoms with Gasteiger partial charge >= 0.3 is 50.4 Å². The summed E-state index contributed by atoms with van der Waals surface area (Å²) in [5.41, 5.74) is -15.7. The van der Waals surface area contributed by atoms with Crippen LogP contribution in [-0.2, 0) is 72.1 Å². The second kappa shape index (κ2) is 16.5. The Kier molecular flexibility index (Phi) is 22.5. The Morgan fingerprint density at radius 2 is 0.821 bits per heavy atom. The molecule has 0 heterocycles. The van der Waals surface area contributed by atoms with Gasteiger partial charge in [0, 0.05) is 27.5 Å². The Bertz CT molecular complexity index is 595. The molecule has 9 nitrogen and oxygen atoms in total. The molecule has 0 unspecified atom stereocenters. The Morgan fingerprint density at radius 3 is 0.821 bits per heavy atom. The van der Waals surface area contributed by atoms with Crippen molar-refractivity contribution < 1.29 is 98.2 Å². The van der Waals surface area contributed by atoms with Gasteiger partial charge in [0.05, 0.1) is 0 Å². The Labute approximate surface area is 166 Å². The normalized spacial score (nSPS) is 11.8. The average Bonchev–Trinajstić information content (AvgIpc) is 2.37. The van der Waals surface area contributed by atoms with Gasteiger partial charge in [0.15, 0.2) is 0 Å². The molecule has 0 atom stereocenters. The van der Waals surface area contributed by atoms with Crippen molar-refractivity contribution in [2.75, 3.05) is 0 Å². The van der Waals surface area contributed by atoms with Crippen molar-refractivity contribution in [2.24, 2.45) is 0 Å². The van der Waals surface area contributed by atoms with E-state index in [-0.39, 0.29) is 6.10 Å². The minimum atomic E-state index is -5.84. The van der Waals surface area contributed by atoms with E-state index in [0.717, 1.165) is 20.4 Å². The molecule has 0 aromatic carbocycles. The molecule has 0 bridgehead atoms. The van der Waals surface area contributed by atoms with E-state index in [1.54, 1.807) is 13.8 Å². The van der Waals surface area contributed by atoms with Crippen LogP contribution in [0.5, 0.6) is 0 Å². The predicted molar refractivity (Wildman–Crippen MR) is 65.2 cm³/mol. The number of rotatable bonds is 0. The molecule has 0 amide bonds. The van der Waals surface area contributed by atoms with Gasteiger partial charge in [-0.25, -0.2) is 0 Å². The molecule has 0 radical (unpaired) electrons. The third-order valence-electron chi connectivity index (χ3n) is 0.670. The molecule has 28 heavy (non-hydrogen) atoms. The van der Waals surface area contributed by atoms with Crippen LogP contribution >= 0.6 is 0 Å². The van der Waals surface area contributed by atoms with E-state index in [1.165, 1.54) is 0 Å². The van der Waals surface area contributed by atoms with Crippen molar-refractivity contribution in [3.05, 3.63) is 0 Å². The van der Waals surface area contributed by atoms with Crippen LogP contribution in [0.3, 0.4) is 0 Å². The van der Waals surface area contributed by atoms with Crippen molar-refractivity contribution >= 4 is 31.5 Å². The van der Waals surface area contributed by atoms with E-state index >= 15 is 0 Å². The third-order valence-corrected chi connectivity index (χ3v) is 2.01. The molecule has 0 aromatic heterocycles. The number of hydrogen-bond donors (Lipinski definition) is 2. The van der Waals surface area contributed by atoms with Crippen LogP contribution in [0.2, 0.25) is 0 Å². The zero-order chi connectivity index (χ0) is 24.7. The maximum atomic E-state index is 10.7. The van der Waals surface area contributed by atoms with Gasteiger partial charge in [-0.15, -0.1) is 0 Å². The summed E-state index contributed by atoms with van der Waals surface area (Å²) in [4.78, 5) is 0. The fourth-order valence-corrected chi connectivity index (χ4v) is 0. The van der Waals surface area contributed by atoms with E-state index < -0.39 is 48.1 Å². The predicted octanol–water partition coefficient (Wildman–Crippen LogP) is 2.29. The van der Waals surface area contributed by atoms with Crippen LogP contribution in [0, 0.1) is 0 Å². The van der Waals surface area contributed by atoms with Gasteiger partial charge in [0.25, 0.3) is 0 Å². The zero-order valence-corrected chi connectivity index (χ0v) is 17.0. The molecule has 2 N–H and O–H groups in total. The standard InChI is InChI=1S/C3H8O.CHF3O3S.2CF3O2S.O.Ti/c1-3(2)4;2-1(3,4)8(5,6)7;2*2-1(3,4)7(5)6;;/h3-4H,1-2H3;(H,5,6,7);;;;/q;;2*-1;;+2. The topological polar surface area (TPSA) is 160 Å². The first-order valence-electron chi connectivity index (χ1n) is 5.11. The van der Waals surface area contributed by atoms with Gasteiger partial charge in [0.2, 0.25) is 0 Å². The first-order valence-corrected chi connectivity index (χ1v) is 9.34. The van der Waals surface area contributed by atoms with Crippen LogP contribution in [0.15, 0.2) is 0 Å². The van der Waals surface area contributed by atoms with Gasteiger partial charge < -0.3 is 21.9 Å². The van der Waals surface area contributed by atoms with Crippen LogP contribution in [0.4, 0.5) is 39.5 Å². The molecule has 0 aliphatic rings. The molecule has 0 aliphatic carbocycles. The molecular formula is C6H9F9O9S3Ti. The molecule has 0 saturated heterocycles. The fraction of sp³-hybridized carbons (Fsp3) is 1.00. The van der Waals surface area contributed by atoms with Crippen molar-refractivity contribution in [3.63, 3.8) is 0 Å². The van der Waals surface area contributed by atoms with Crippen LogP contribution in [0.1, 0.15) is 13.8 Å². The fourth-order valence-electron chi connectivity index (χ4n) is 0. The Morgan fingerprint density at radius 1 is 0.750 bits per heavy atom. The van der Waals surface area contributed by atoms with Crippen molar-refractivity contribution in [1.29, 1.82) is 0 Å². The first-order chi connectivity index (χ1) is 11.9. The monoisotopic (exact) mass is 540 g/mol. The van der Waals surface area contributed by atoms with Crippen LogP contribution in [0.25, 0.3) is 0 Å². The number of aliphatic hydroxyl groups excluding tert-OH is 1. The van der Waals surface area contributed by atoms with E-state index in [9.17, 15) is 39.5 Å². The van der Waals surface area contributed by atoms with Gasteiger partial charge in [0.1, 0.15) is 0 Å². The molecule has 0 spiro atoms. The van der Waals surface area contributed by atoms with E-state index in [2.05, 4.69) is 0 Å². The van der Waals surface area contributed by atoms with Crippen molar-refractivity contribution in [2.45, 2.75) is 36.5 Å². The first kappa shape index (κ1) is 38.3. The Hall–Kier alpha value is -0.346. The summed E-state index contributed by atoms with van der Waals surface area (Å²) in [5.74, 6) is 0. The number of aliphatic hydroxyl groups is 1. The van der Waals surface area contributed by atoms with Crippen LogP contribution in [-0.4, -0.2) is 40.7 Å². The van der Waals surface area contributed by atoms with Gasteiger partial charge in [-0.3, -0.25) is 4.55 Å². The minimum absolute atomic E-state index is 0.167. The molecule has 22 heteroatoms. The van der Waals surface area contributed by atoms with Gasteiger partial charge in [-0.05, 0) is 13.8 Å². The summed E-state index contributed by atoms with van der Waals surface area (Å²) >= 11 is 0.750.